The topological polar surface area (TPSA) is 35.5 Å². The molecule has 0 fully saturated rings. The van der Waals surface area contributed by atoms with Gasteiger partial charge in [-0.2, -0.15) is 0 Å². The molecule has 2 atom stereocenters. The fraction of sp³-hybridized carbons (Fsp3) is 0.562. The molecule has 0 spiro atoms. The van der Waals surface area contributed by atoms with E-state index in [1.54, 1.807) is 0 Å². The molecule has 0 amide bonds. The molecule has 0 unspecified atom stereocenters. The molecule has 1 aromatic rings. The van der Waals surface area contributed by atoms with Gasteiger partial charge in [0, 0.05) is 0 Å². The Morgan fingerprint density at radius 2 is 1.80 bits per heavy atom. The summed E-state index contributed by atoms with van der Waals surface area (Å²) in [5, 5.41) is 0. The number of hydrogen-bond acceptors (Lipinski definition) is 3. The summed E-state index contributed by atoms with van der Waals surface area (Å²) in [4.78, 5) is 12.2. The monoisotopic (exact) mass is 294 g/mol. The van der Waals surface area contributed by atoms with E-state index in [-0.39, 0.29) is 18.0 Å². The van der Waals surface area contributed by atoms with Gasteiger partial charge in [-0.25, -0.2) is 0 Å². The third kappa shape index (κ3) is 5.10. The Hall–Kier alpha value is -1.13. The van der Waals surface area contributed by atoms with Crippen LogP contribution in [0.2, 0.25) is 19.6 Å². The van der Waals surface area contributed by atoms with Crippen LogP contribution in [-0.4, -0.2) is 27.5 Å². The molecule has 0 bridgehead atoms. The second-order valence-electron chi connectivity index (χ2n) is 5.97. The predicted octanol–water partition coefficient (Wildman–Crippen LogP) is 3.96. The summed E-state index contributed by atoms with van der Waals surface area (Å²) in [6, 6.07) is 9.78. The molecule has 0 aliphatic carbocycles. The Morgan fingerprint density at radius 3 is 2.25 bits per heavy atom. The van der Waals surface area contributed by atoms with Crippen LogP contribution < -0.4 is 0 Å². The first-order chi connectivity index (χ1) is 9.39. The van der Waals surface area contributed by atoms with Crippen molar-refractivity contribution in [2.45, 2.75) is 51.4 Å². The Balaban J connectivity index is 3.08. The van der Waals surface area contributed by atoms with Gasteiger partial charge in [0.25, 0.3) is 0 Å². The number of carbonyl (C=O) groups excluding carboxylic acids is 1. The SMILES string of the molecule is CCC[C@H](O[Si](C)(C)C)[C@H](C(=O)OC)c1ccccc1. The van der Waals surface area contributed by atoms with E-state index in [0.29, 0.717) is 0 Å². The zero-order chi connectivity index (χ0) is 15.2. The first-order valence-electron chi connectivity index (χ1n) is 7.19. The van der Waals surface area contributed by atoms with E-state index >= 15 is 0 Å². The number of hydrogen-bond donors (Lipinski definition) is 0. The molecule has 3 nitrogen and oxygen atoms in total. The second-order valence-corrected chi connectivity index (χ2v) is 10.4. The van der Waals surface area contributed by atoms with Gasteiger partial charge in [-0.05, 0) is 31.6 Å². The van der Waals surface area contributed by atoms with E-state index in [1.807, 2.05) is 30.3 Å². The maximum Gasteiger partial charge on any atom is 0.315 e. The van der Waals surface area contributed by atoms with Crippen LogP contribution in [-0.2, 0) is 14.0 Å². The standard InChI is InChI=1S/C16H26O3Si/c1-6-10-14(19-20(3,4)5)15(16(17)18-2)13-11-8-7-9-12-13/h7-9,11-12,14-15H,6,10H2,1-5H3/t14-,15+/m0/s1. The van der Waals surface area contributed by atoms with Gasteiger partial charge in [0.2, 0.25) is 0 Å². The smallest absolute Gasteiger partial charge is 0.315 e. The van der Waals surface area contributed by atoms with Crippen molar-refractivity contribution in [3.8, 4) is 0 Å². The molecule has 0 saturated carbocycles. The summed E-state index contributed by atoms with van der Waals surface area (Å²) >= 11 is 0. The maximum absolute atomic E-state index is 12.2. The molecule has 112 valence electrons. The van der Waals surface area contributed by atoms with E-state index in [0.717, 1.165) is 18.4 Å². The molecular weight excluding hydrogens is 268 g/mol. The van der Waals surface area contributed by atoms with E-state index in [2.05, 4.69) is 26.6 Å². The van der Waals surface area contributed by atoms with E-state index in [9.17, 15) is 4.79 Å². The van der Waals surface area contributed by atoms with Crippen molar-refractivity contribution in [2.75, 3.05) is 7.11 Å². The van der Waals surface area contributed by atoms with E-state index in [4.69, 9.17) is 9.16 Å². The van der Waals surface area contributed by atoms with Crippen LogP contribution in [0.4, 0.5) is 0 Å². The van der Waals surface area contributed by atoms with Crippen molar-refractivity contribution < 1.29 is 14.0 Å². The van der Waals surface area contributed by atoms with Gasteiger partial charge >= 0.3 is 5.97 Å². The number of rotatable bonds is 7. The van der Waals surface area contributed by atoms with Gasteiger partial charge in [-0.1, -0.05) is 43.7 Å². The minimum absolute atomic E-state index is 0.110. The lowest BCUT2D eigenvalue weighted by Crippen LogP contribution is -2.38. The zero-order valence-electron chi connectivity index (χ0n) is 13.2. The molecule has 4 heteroatoms. The summed E-state index contributed by atoms with van der Waals surface area (Å²) in [6.07, 6.45) is 1.73. The molecule has 20 heavy (non-hydrogen) atoms. The van der Waals surface area contributed by atoms with Crippen LogP contribution in [0.5, 0.6) is 0 Å². The van der Waals surface area contributed by atoms with Crippen molar-refractivity contribution in [1.82, 2.24) is 0 Å². The summed E-state index contributed by atoms with van der Waals surface area (Å²) in [5.41, 5.74) is 0.969. The molecular formula is C16H26O3Si. The highest BCUT2D eigenvalue weighted by Gasteiger charge is 2.34. The quantitative estimate of drug-likeness (QED) is 0.564. The highest BCUT2D eigenvalue weighted by atomic mass is 28.4. The van der Waals surface area contributed by atoms with Crippen molar-refractivity contribution in [2.24, 2.45) is 0 Å². The Labute approximate surface area is 123 Å². The van der Waals surface area contributed by atoms with Crippen LogP contribution in [0.25, 0.3) is 0 Å². The average molecular weight is 294 g/mol. The fourth-order valence-corrected chi connectivity index (χ4v) is 3.48. The molecule has 0 N–H and O–H groups in total. The van der Waals surface area contributed by atoms with Crippen molar-refractivity contribution in [3.05, 3.63) is 35.9 Å². The molecule has 1 rings (SSSR count). The number of carbonyl (C=O) groups is 1. The molecule has 0 saturated heterocycles. The highest BCUT2D eigenvalue weighted by Crippen LogP contribution is 2.29. The lowest BCUT2D eigenvalue weighted by atomic mass is 9.91. The van der Waals surface area contributed by atoms with E-state index < -0.39 is 8.32 Å². The third-order valence-corrected chi connectivity index (χ3v) is 4.07. The van der Waals surface area contributed by atoms with Crippen LogP contribution in [0.15, 0.2) is 30.3 Å². The molecule has 0 aliphatic rings. The summed E-state index contributed by atoms with van der Waals surface area (Å²) in [6.45, 7) is 8.55. The van der Waals surface area contributed by atoms with Gasteiger partial charge in [-0.3, -0.25) is 4.79 Å². The molecule has 0 radical (unpaired) electrons. The van der Waals surface area contributed by atoms with Gasteiger partial charge in [0.05, 0.1) is 13.2 Å². The third-order valence-electron chi connectivity index (χ3n) is 3.06. The number of ether oxygens (including phenoxy) is 1. The summed E-state index contributed by atoms with van der Waals surface area (Å²) < 4.78 is 11.3. The minimum atomic E-state index is -1.72. The second kappa shape index (κ2) is 7.60. The molecule has 1 aromatic carbocycles. The average Bonchev–Trinajstić information content (AvgIpc) is 2.38. The molecule has 0 aliphatic heterocycles. The van der Waals surface area contributed by atoms with Crippen LogP contribution in [0, 0.1) is 0 Å². The van der Waals surface area contributed by atoms with Gasteiger partial charge in [0.1, 0.15) is 5.92 Å². The Bertz CT molecular complexity index is 411. The Morgan fingerprint density at radius 1 is 1.20 bits per heavy atom. The minimum Gasteiger partial charge on any atom is -0.468 e. The maximum atomic E-state index is 12.2. The van der Waals surface area contributed by atoms with Gasteiger partial charge < -0.3 is 9.16 Å². The van der Waals surface area contributed by atoms with Gasteiger partial charge in [-0.15, -0.1) is 0 Å². The van der Waals surface area contributed by atoms with Crippen molar-refractivity contribution in [3.63, 3.8) is 0 Å². The first kappa shape index (κ1) is 16.9. The molecule has 0 aromatic heterocycles. The lowest BCUT2D eigenvalue weighted by Gasteiger charge is -2.31. The number of methoxy groups -OCH3 is 1. The predicted molar refractivity (Wildman–Crippen MR) is 84.3 cm³/mol. The molecule has 0 heterocycles. The van der Waals surface area contributed by atoms with Crippen LogP contribution >= 0.6 is 0 Å². The van der Waals surface area contributed by atoms with Crippen molar-refractivity contribution in [1.29, 1.82) is 0 Å². The fourth-order valence-electron chi connectivity index (χ4n) is 2.32. The Kier molecular flexibility index (Phi) is 6.43. The highest BCUT2D eigenvalue weighted by molar-refractivity contribution is 6.69. The van der Waals surface area contributed by atoms with Gasteiger partial charge in [0.15, 0.2) is 8.32 Å². The first-order valence-corrected chi connectivity index (χ1v) is 10.6. The summed E-state index contributed by atoms with van der Waals surface area (Å²) in [7, 11) is -0.279. The number of benzene rings is 1. The summed E-state index contributed by atoms with van der Waals surface area (Å²) in [5.74, 6) is -0.555. The van der Waals surface area contributed by atoms with Crippen molar-refractivity contribution >= 4 is 14.3 Å². The largest absolute Gasteiger partial charge is 0.468 e. The zero-order valence-corrected chi connectivity index (χ0v) is 14.2. The van der Waals surface area contributed by atoms with E-state index in [1.165, 1.54) is 7.11 Å². The lowest BCUT2D eigenvalue weighted by molar-refractivity contribution is -0.145. The van der Waals surface area contributed by atoms with Crippen LogP contribution in [0.1, 0.15) is 31.2 Å². The normalized spacial score (nSPS) is 14.7. The van der Waals surface area contributed by atoms with Crippen LogP contribution in [0.3, 0.4) is 0 Å². The number of esters is 1.